The van der Waals surface area contributed by atoms with E-state index in [9.17, 15) is 5.11 Å². The Hall–Kier alpha value is -2.21. The van der Waals surface area contributed by atoms with Crippen LogP contribution in [0.4, 0.5) is 5.69 Å². The number of phenols is 1. The molecule has 0 saturated carbocycles. The molecule has 0 spiro atoms. The van der Waals surface area contributed by atoms with Crippen LogP contribution in [0.5, 0.6) is 17.2 Å². The predicted molar refractivity (Wildman–Crippen MR) is 86.6 cm³/mol. The van der Waals surface area contributed by atoms with Gasteiger partial charge in [0.2, 0.25) is 0 Å². The van der Waals surface area contributed by atoms with E-state index in [1.54, 1.807) is 19.2 Å². The first-order valence-corrected chi connectivity index (χ1v) is 6.93. The van der Waals surface area contributed by atoms with Gasteiger partial charge in [0, 0.05) is 10.0 Å². The minimum Gasteiger partial charge on any atom is -0.504 e. The molecule has 110 valence electrons. The van der Waals surface area contributed by atoms with Crippen LogP contribution in [0.25, 0.3) is 0 Å². The summed E-state index contributed by atoms with van der Waals surface area (Å²) in [6.45, 7) is 0. The first-order chi connectivity index (χ1) is 10.1. The number of anilines is 1. The molecule has 2 rings (SSSR count). The van der Waals surface area contributed by atoms with Gasteiger partial charge in [-0.15, -0.1) is 0 Å². The molecule has 0 aliphatic carbocycles. The van der Waals surface area contributed by atoms with Crippen LogP contribution in [0, 0.1) is 0 Å². The van der Waals surface area contributed by atoms with E-state index < -0.39 is 0 Å². The molecule has 0 fully saturated rings. The molecule has 0 atom stereocenters. The van der Waals surface area contributed by atoms with E-state index in [0.29, 0.717) is 11.3 Å². The maximum Gasteiger partial charge on any atom is 0.166 e. The highest BCUT2D eigenvalue weighted by Gasteiger charge is 2.07. The summed E-state index contributed by atoms with van der Waals surface area (Å²) in [5.74, 6) is 1.20. The Morgan fingerprint density at radius 3 is 2.48 bits per heavy atom. The topological polar surface area (TPSA) is 63.1 Å². The third kappa shape index (κ3) is 3.88. The molecular formula is C15H15BrN2O3. The maximum atomic E-state index is 10.00. The number of hydrazone groups is 1. The van der Waals surface area contributed by atoms with Crippen LogP contribution in [-0.2, 0) is 0 Å². The number of hydrogen-bond donors (Lipinski definition) is 2. The lowest BCUT2D eigenvalue weighted by atomic mass is 10.2. The number of ether oxygens (including phenoxy) is 2. The van der Waals surface area contributed by atoms with Crippen LogP contribution in [0.3, 0.4) is 0 Å². The van der Waals surface area contributed by atoms with E-state index in [1.165, 1.54) is 13.3 Å². The van der Waals surface area contributed by atoms with Crippen molar-refractivity contribution in [3.8, 4) is 17.2 Å². The molecule has 0 aromatic heterocycles. The van der Waals surface area contributed by atoms with Gasteiger partial charge in [0.25, 0.3) is 0 Å². The number of methoxy groups -OCH3 is 2. The molecule has 21 heavy (non-hydrogen) atoms. The average molecular weight is 351 g/mol. The van der Waals surface area contributed by atoms with Crippen molar-refractivity contribution in [2.24, 2.45) is 5.10 Å². The molecule has 2 aromatic rings. The smallest absolute Gasteiger partial charge is 0.166 e. The molecule has 0 amide bonds. The summed E-state index contributed by atoms with van der Waals surface area (Å²) >= 11 is 3.35. The molecule has 0 radical (unpaired) electrons. The van der Waals surface area contributed by atoms with Crippen LogP contribution in [0.2, 0.25) is 0 Å². The summed E-state index contributed by atoms with van der Waals surface area (Å²) in [6, 6.07) is 10.8. The first kappa shape index (κ1) is 15.2. The molecule has 0 saturated heterocycles. The zero-order valence-electron chi connectivity index (χ0n) is 11.6. The molecule has 0 heterocycles. The van der Waals surface area contributed by atoms with Gasteiger partial charge in [-0.1, -0.05) is 15.9 Å². The lowest BCUT2D eigenvalue weighted by Crippen LogP contribution is -1.93. The molecule has 0 aliphatic heterocycles. The molecule has 5 nitrogen and oxygen atoms in total. The monoisotopic (exact) mass is 350 g/mol. The minimum absolute atomic E-state index is 0.0426. The third-order valence-electron chi connectivity index (χ3n) is 2.78. The summed E-state index contributed by atoms with van der Waals surface area (Å²) < 4.78 is 11.0. The number of nitrogens with one attached hydrogen (secondary N) is 1. The second-order valence-electron chi connectivity index (χ2n) is 4.14. The van der Waals surface area contributed by atoms with Crippen molar-refractivity contribution in [3.63, 3.8) is 0 Å². The van der Waals surface area contributed by atoms with Crippen LogP contribution >= 0.6 is 15.9 Å². The SMILES string of the molecule is COc1ccc(N/N=C/c2cc(Br)cc(OC)c2O)cc1. The number of rotatable bonds is 5. The van der Waals surface area contributed by atoms with E-state index in [0.717, 1.165) is 15.9 Å². The summed E-state index contributed by atoms with van der Waals surface area (Å²) in [7, 11) is 3.11. The molecule has 0 bridgehead atoms. The van der Waals surface area contributed by atoms with Gasteiger partial charge in [-0.05, 0) is 36.4 Å². The molecule has 6 heteroatoms. The highest BCUT2D eigenvalue weighted by Crippen LogP contribution is 2.32. The molecule has 0 unspecified atom stereocenters. The van der Waals surface area contributed by atoms with Gasteiger partial charge in [-0.25, -0.2) is 0 Å². The van der Waals surface area contributed by atoms with Crippen molar-refractivity contribution < 1.29 is 14.6 Å². The van der Waals surface area contributed by atoms with Crippen molar-refractivity contribution in [2.45, 2.75) is 0 Å². The Labute approximate surface area is 131 Å². The fourth-order valence-corrected chi connectivity index (χ4v) is 2.14. The Kier molecular flexibility index (Phi) is 5.05. The Balaban J connectivity index is 2.12. The Bertz CT molecular complexity index is 642. The minimum atomic E-state index is 0.0426. The van der Waals surface area contributed by atoms with E-state index in [-0.39, 0.29) is 5.75 Å². The number of benzene rings is 2. The summed E-state index contributed by atoms with van der Waals surface area (Å²) in [6.07, 6.45) is 1.52. The van der Waals surface area contributed by atoms with Gasteiger partial charge in [0.15, 0.2) is 11.5 Å². The fourth-order valence-electron chi connectivity index (χ4n) is 1.69. The normalized spacial score (nSPS) is 10.6. The van der Waals surface area contributed by atoms with Crippen LogP contribution in [-0.4, -0.2) is 25.5 Å². The van der Waals surface area contributed by atoms with Crippen molar-refractivity contribution in [2.75, 3.05) is 19.6 Å². The van der Waals surface area contributed by atoms with Gasteiger partial charge in [-0.3, -0.25) is 5.43 Å². The molecular weight excluding hydrogens is 336 g/mol. The Morgan fingerprint density at radius 1 is 1.14 bits per heavy atom. The highest BCUT2D eigenvalue weighted by atomic mass is 79.9. The molecule has 2 aromatic carbocycles. The van der Waals surface area contributed by atoms with Gasteiger partial charge in [0.1, 0.15) is 5.75 Å². The van der Waals surface area contributed by atoms with Gasteiger partial charge < -0.3 is 14.6 Å². The number of nitrogens with zero attached hydrogens (tertiary/aromatic N) is 1. The van der Waals surface area contributed by atoms with Crippen molar-refractivity contribution >= 4 is 27.8 Å². The summed E-state index contributed by atoms with van der Waals surface area (Å²) in [5, 5.41) is 14.1. The van der Waals surface area contributed by atoms with E-state index in [4.69, 9.17) is 9.47 Å². The van der Waals surface area contributed by atoms with Gasteiger partial charge in [-0.2, -0.15) is 5.10 Å². The van der Waals surface area contributed by atoms with Crippen molar-refractivity contribution in [3.05, 3.63) is 46.4 Å². The second-order valence-corrected chi connectivity index (χ2v) is 5.06. The van der Waals surface area contributed by atoms with Crippen molar-refractivity contribution in [1.82, 2.24) is 0 Å². The second kappa shape index (κ2) is 6.99. The lowest BCUT2D eigenvalue weighted by Gasteiger charge is -2.07. The number of hydrogen-bond acceptors (Lipinski definition) is 5. The Morgan fingerprint density at radius 2 is 1.86 bits per heavy atom. The van der Waals surface area contributed by atoms with Gasteiger partial charge in [0.05, 0.1) is 26.1 Å². The van der Waals surface area contributed by atoms with E-state index in [2.05, 4.69) is 26.5 Å². The summed E-state index contributed by atoms with van der Waals surface area (Å²) in [5.41, 5.74) is 4.23. The summed E-state index contributed by atoms with van der Waals surface area (Å²) in [4.78, 5) is 0. The number of aromatic hydroxyl groups is 1. The van der Waals surface area contributed by atoms with Gasteiger partial charge >= 0.3 is 0 Å². The van der Waals surface area contributed by atoms with E-state index >= 15 is 0 Å². The number of halogens is 1. The van der Waals surface area contributed by atoms with E-state index in [1.807, 2.05) is 24.3 Å². The highest BCUT2D eigenvalue weighted by molar-refractivity contribution is 9.10. The standard InChI is InChI=1S/C15H15BrN2O3/c1-20-13-5-3-12(4-6-13)18-17-9-10-7-11(16)8-14(21-2)15(10)19/h3-9,18-19H,1-2H3/b17-9+. The third-order valence-corrected chi connectivity index (χ3v) is 3.23. The fraction of sp³-hybridized carbons (Fsp3) is 0.133. The predicted octanol–water partition coefficient (Wildman–Crippen LogP) is 3.62. The van der Waals surface area contributed by atoms with Crippen LogP contribution in [0.1, 0.15) is 5.56 Å². The largest absolute Gasteiger partial charge is 0.504 e. The zero-order chi connectivity index (χ0) is 15.2. The average Bonchev–Trinajstić information content (AvgIpc) is 2.51. The zero-order valence-corrected chi connectivity index (χ0v) is 13.2. The maximum absolute atomic E-state index is 10.00. The van der Waals surface area contributed by atoms with Crippen LogP contribution < -0.4 is 14.9 Å². The lowest BCUT2D eigenvalue weighted by molar-refractivity contribution is 0.373. The molecule has 0 aliphatic rings. The molecule has 2 N–H and O–H groups in total. The van der Waals surface area contributed by atoms with Crippen molar-refractivity contribution in [1.29, 1.82) is 0 Å². The van der Waals surface area contributed by atoms with Crippen LogP contribution in [0.15, 0.2) is 46.0 Å². The first-order valence-electron chi connectivity index (χ1n) is 6.13. The number of phenolic OH excluding ortho intramolecular Hbond substituents is 1. The quantitative estimate of drug-likeness (QED) is 0.638.